The van der Waals surface area contributed by atoms with E-state index in [2.05, 4.69) is 21.2 Å². The molecule has 0 atom stereocenters. The zero-order chi connectivity index (χ0) is 27.2. The van der Waals surface area contributed by atoms with E-state index in [1.807, 2.05) is 12.1 Å². The van der Waals surface area contributed by atoms with E-state index in [9.17, 15) is 14.4 Å². The van der Waals surface area contributed by atoms with Crippen molar-refractivity contribution in [3.05, 3.63) is 53.6 Å². The predicted molar refractivity (Wildman–Crippen MR) is 144 cm³/mol. The minimum atomic E-state index is -0.520. The number of nitrogens with zero attached hydrogens (tertiary/aromatic N) is 1. The maximum absolute atomic E-state index is 12.1. The molecule has 0 bridgehead atoms. The fourth-order valence-corrected chi connectivity index (χ4v) is 4.12. The second-order valence-corrected chi connectivity index (χ2v) is 9.02. The van der Waals surface area contributed by atoms with Crippen LogP contribution in [0, 0.1) is 0 Å². The Morgan fingerprint density at radius 3 is 2.37 bits per heavy atom. The highest BCUT2D eigenvalue weighted by atomic mass is 16.5. The Kier molecular flexibility index (Phi) is 11.4. The fraction of sp³-hybridized carbons (Fsp3) is 0.429. The van der Waals surface area contributed by atoms with Gasteiger partial charge in [-0.3, -0.25) is 14.4 Å². The van der Waals surface area contributed by atoms with Crippen molar-refractivity contribution in [2.45, 2.75) is 51.0 Å². The van der Waals surface area contributed by atoms with Crippen LogP contribution in [-0.2, 0) is 20.8 Å². The average molecular weight is 525 g/mol. The Hall–Kier alpha value is -4.08. The molecule has 2 aromatic carbocycles. The molecule has 1 aliphatic rings. The molecule has 0 heterocycles. The summed E-state index contributed by atoms with van der Waals surface area (Å²) >= 11 is 0. The Balaban J connectivity index is 1.32. The number of carbonyl (C=O) groups excluding carboxylic acids is 3. The Morgan fingerprint density at radius 2 is 1.66 bits per heavy atom. The van der Waals surface area contributed by atoms with Crippen molar-refractivity contribution in [1.29, 1.82) is 0 Å². The van der Waals surface area contributed by atoms with Crippen LogP contribution in [0.25, 0.3) is 0 Å². The van der Waals surface area contributed by atoms with Crippen LogP contribution in [0.2, 0.25) is 0 Å². The molecule has 204 valence electrons. The third-order valence-corrected chi connectivity index (χ3v) is 6.13. The van der Waals surface area contributed by atoms with Crippen LogP contribution >= 0.6 is 0 Å². The number of rotatable bonds is 13. The van der Waals surface area contributed by atoms with Crippen LogP contribution in [0.4, 0.5) is 0 Å². The van der Waals surface area contributed by atoms with E-state index in [4.69, 9.17) is 14.2 Å². The molecule has 38 heavy (non-hydrogen) atoms. The minimum Gasteiger partial charge on any atom is -0.493 e. The number of methoxy groups -OCH3 is 2. The molecule has 0 spiro atoms. The quantitative estimate of drug-likeness (QED) is 0.210. The van der Waals surface area contributed by atoms with Gasteiger partial charge in [0.1, 0.15) is 12.2 Å². The summed E-state index contributed by atoms with van der Waals surface area (Å²) in [5, 5.41) is 9.63. The topological polar surface area (TPSA) is 127 Å². The second-order valence-electron chi connectivity index (χ2n) is 9.02. The van der Waals surface area contributed by atoms with E-state index in [0.29, 0.717) is 30.2 Å². The number of ether oxygens (including phenoxy) is 3. The van der Waals surface area contributed by atoms with Crippen LogP contribution in [0.3, 0.4) is 0 Å². The number of nitrogens with one attached hydrogen (secondary N) is 3. The third-order valence-electron chi connectivity index (χ3n) is 6.13. The molecule has 0 radical (unpaired) electrons. The lowest BCUT2D eigenvalue weighted by Crippen LogP contribution is -2.38. The van der Waals surface area contributed by atoms with Gasteiger partial charge in [-0.1, -0.05) is 25.3 Å². The van der Waals surface area contributed by atoms with Crippen LogP contribution in [0.15, 0.2) is 47.6 Å². The molecule has 1 saturated carbocycles. The lowest BCUT2D eigenvalue weighted by atomic mass is 9.95. The molecule has 10 heteroatoms. The van der Waals surface area contributed by atoms with Gasteiger partial charge in [0.05, 0.1) is 20.4 Å². The van der Waals surface area contributed by atoms with Crippen molar-refractivity contribution in [2.75, 3.05) is 27.4 Å². The molecule has 3 amide bonds. The van der Waals surface area contributed by atoms with Crippen molar-refractivity contribution in [3.63, 3.8) is 0 Å². The van der Waals surface area contributed by atoms with Gasteiger partial charge in [-0.2, -0.15) is 5.10 Å². The molecule has 0 aromatic heterocycles. The van der Waals surface area contributed by atoms with Gasteiger partial charge in [-0.15, -0.1) is 0 Å². The van der Waals surface area contributed by atoms with Crippen LogP contribution in [0.5, 0.6) is 17.2 Å². The molecule has 3 rings (SSSR count). The molecule has 0 aliphatic heterocycles. The molecular weight excluding hydrogens is 488 g/mol. The predicted octanol–water partition coefficient (Wildman–Crippen LogP) is 2.73. The largest absolute Gasteiger partial charge is 0.493 e. The molecule has 1 aliphatic carbocycles. The first kappa shape index (κ1) is 28.5. The summed E-state index contributed by atoms with van der Waals surface area (Å²) in [5.74, 6) is 0.787. The summed E-state index contributed by atoms with van der Waals surface area (Å²) in [4.78, 5) is 36.1. The summed E-state index contributed by atoms with van der Waals surface area (Å²) in [6.45, 7) is 0.345. The second kappa shape index (κ2) is 15.2. The van der Waals surface area contributed by atoms with Gasteiger partial charge in [-0.05, 0) is 66.8 Å². The van der Waals surface area contributed by atoms with E-state index in [1.165, 1.54) is 12.6 Å². The average Bonchev–Trinajstić information content (AvgIpc) is 2.93. The summed E-state index contributed by atoms with van der Waals surface area (Å²) in [7, 11) is 3.13. The molecule has 0 unspecified atom stereocenters. The van der Waals surface area contributed by atoms with E-state index in [0.717, 1.165) is 36.8 Å². The molecule has 2 aromatic rings. The summed E-state index contributed by atoms with van der Waals surface area (Å²) in [6.07, 6.45) is 7.32. The van der Waals surface area contributed by atoms with E-state index < -0.39 is 11.8 Å². The molecule has 3 N–H and O–H groups in total. The monoisotopic (exact) mass is 524 g/mol. The highest BCUT2D eigenvalue weighted by molar-refractivity contribution is 5.97. The number of benzene rings is 2. The SMILES string of the molecule is COc1ccc(CCNC(=O)CC(=O)N/N=C/c2ccc(OCC(=O)NC3CCCCC3)cc2)cc1OC. The number of hydrogen-bond acceptors (Lipinski definition) is 7. The van der Waals surface area contributed by atoms with E-state index >= 15 is 0 Å². The fourth-order valence-electron chi connectivity index (χ4n) is 4.12. The van der Waals surface area contributed by atoms with Crippen molar-refractivity contribution in [2.24, 2.45) is 5.10 Å². The lowest BCUT2D eigenvalue weighted by Gasteiger charge is -2.22. The van der Waals surface area contributed by atoms with E-state index in [-0.39, 0.29) is 25.0 Å². The van der Waals surface area contributed by atoms with Crippen LogP contribution < -0.4 is 30.3 Å². The summed E-state index contributed by atoms with van der Waals surface area (Å²) in [5.41, 5.74) is 4.04. The Morgan fingerprint density at radius 1 is 0.921 bits per heavy atom. The van der Waals surface area contributed by atoms with Gasteiger partial charge in [-0.25, -0.2) is 5.43 Å². The van der Waals surface area contributed by atoms with Gasteiger partial charge < -0.3 is 24.8 Å². The maximum atomic E-state index is 12.1. The molecule has 1 fully saturated rings. The Labute approximate surface area is 223 Å². The van der Waals surface area contributed by atoms with Crippen LogP contribution in [0.1, 0.15) is 49.7 Å². The molecule has 0 saturated heterocycles. The van der Waals surface area contributed by atoms with Crippen molar-refractivity contribution in [1.82, 2.24) is 16.1 Å². The number of carbonyl (C=O) groups is 3. The Bertz CT molecular complexity index is 1100. The van der Waals surface area contributed by atoms with Crippen molar-refractivity contribution >= 4 is 23.9 Å². The first-order valence-electron chi connectivity index (χ1n) is 12.8. The van der Waals surface area contributed by atoms with Gasteiger partial charge in [0, 0.05) is 12.6 Å². The number of hydrogen-bond donors (Lipinski definition) is 3. The van der Waals surface area contributed by atoms with Gasteiger partial charge in [0.2, 0.25) is 11.8 Å². The van der Waals surface area contributed by atoms with Gasteiger partial charge in [0.25, 0.3) is 5.91 Å². The molecular formula is C28H36N4O6. The lowest BCUT2D eigenvalue weighted by molar-refractivity contribution is -0.129. The summed E-state index contributed by atoms with van der Waals surface area (Å²) < 4.78 is 16.0. The van der Waals surface area contributed by atoms with E-state index in [1.54, 1.807) is 44.6 Å². The molecule has 10 nitrogen and oxygen atoms in total. The van der Waals surface area contributed by atoms with Gasteiger partial charge >= 0.3 is 0 Å². The number of hydrazone groups is 1. The standard InChI is InChI=1S/C28H36N4O6/c1-36-24-13-10-20(16-25(24)37-2)14-15-29-26(33)17-27(34)32-30-18-21-8-11-23(12-9-21)38-19-28(35)31-22-6-4-3-5-7-22/h8-13,16,18,22H,3-7,14-15,17,19H2,1-2H3,(H,29,33)(H,31,35)(H,32,34)/b30-18+. The zero-order valence-electron chi connectivity index (χ0n) is 22.0. The summed E-state index contributed by atoms with van der Waals surface area (Å²) in [6, 6.07) is 12.8. The van der Waals surface area contributed by atoms with Crippen LogP contribution in [-0.4, -0.2) is 57.3 Å². The highest BCUT2D eigenvalue weighted by Crippen LogP contribution is 2.27. The maximum Gasteiger partial charge on any atom is 0.258 e. The third kappa shape index (κ3) is 9.76. The van der Waals surface area contributed by atoms with Crippen molar-refractivity contribution < 1.29 is 28.6 Å². The normalized spacial score (nSPS) is 13.5. The highest BCUT2D eigenvalue weighted by Gasteiger charge is 2.15. The minimum absolute atomic E-state index is 0.0314. The number of amides is 3. The first-order valence-corrected chi connectivity index (χ1v) is 12.8. The van der Waals surface area contributed by atoms with Crippen molar-refractivity contribution in [3.8, 4) is 17.2 Å². The smallest absolute Gasteiger partial charge is 0.258 e. The first-order chi connectivity index (χ1) is 18.5. The zero-order valence-corrected chi connectivity index (χ0v) is 22.0. The van der Waals surface area contributed by atoms with Gasteiger partial charge in [0.15, 0.2) is 18.1 Å².